The summed E-state index contributed by atoms with van der Waals surface area (Å²) in [6, 6.07) is 7.87. The van der Waals surface area contributed by atoms with Gasteiger partial charge < -0.3 is 4.98 Å². The number of aromatic nitrogens is 6. The molecule has 0 saturated heterocycles. The predicted molar refractivity (Wildman–Crippen MR) is 87.7 cm³/mol. The van der Waals surface area contributed by atoms with Crippen LogP contribution in [0.1, 0.15) is 0 Å². The number of pyridine rings is 2. The van der Waals surface area contributed by atoms with Gasteiger partial charge in [-0.15, -0.1) is 0 Å². The Balaban J connectivity index is 1.99. The minimum Gasteiger partial charge on any atom is -0.336 e. The number of hydrogen-bond donors (Lipinski definition) is 1. The van der Waals surface area contributed by atoms with Crippen LogP contribution in [0.5, 0.6) is 0 Å². The van der Waals surface area contributed by atoms with Crippen molar-refractivity contribution in [2.45, 2.75) is 0 Å². The van der Waals surface area contributed by atoms with Crippen molar-refractivity contribution in [2.24, 2.45) is 0 Å². The van der Waals surface area contributed by atoms with Crippen LogP contribution in [0.3, 0.4) is 0 Å². The van der Waals surface area contributed by atoms with E-state index in [2.05, 4.69) is 24.9 Å². The summed E-state index contributed by atoms with van der Waals surface area (Å²) in [6.07, 6.45) is 8.55. The summed E-state index contributed by atoms with van der Waals surface area (Å²) in [5.74, 6) is 0.689. The molecule has 0 atom stereocenters. The molecular weight excluding hydrogens is 288 g/mol. The first kappa shape index (κ1) is 12.2. The van der Waals surface area contributed by atoms with E-state index in [1.165, 1.54) is 0 Å². The number of rotatable bonds is 1. The molecule has 6 nitrogen and oxygen atoms in total. The van der Waals surface area contributed by atoms with E-state index < -0.39 is 0 Å². The molecule has 4 heterocycles. The van der Waals surface area contributed by atoms with E-state index in [0.29, 0.717) is 11.5 Å². The Morgan fingerprint density at radius 3 is 2.30 bits per heavy atom. The molecule has 0 spiro atoms. The monoisotopic (exact) mass is 298 g/mol. The molecule has 108 valence electrons. The van der Waals surface area contributed by atoms with Gasteiger partial charge in [-0.05, 0) is 24.3 Å². The fourth-order valence-electron chi connectivity index (χ4n) is 2.89. The van der Waals surface area contributed by atoms with Gasteiger partial charge >= 0.3 is 0 Å². The van der Waals surface area contributed by atoms with Gasteiger partial charge in [-0.1, -0.05) is 0 Å². The molecule has 0 radical (unpaired) electrons. The lowest BCUT2D eigenvalue weighted by Crippen LogP contribution is -1.86. The van der Waals surface area contributed by atoms with Crippen molar-refractivity contribution in [3.63, 3.8) is 0 Å². The van der Waals surface area contributed by atoms with Crippen molar-refractivity contribution in [1.29, 1.82) is 0 Å². The highest BCUT2D eigenvalue weighted by Gasteiger charge is 2.15. The maximum absolute atomic E-state index is 4.74. The molecule has 0 aliphatic heterocycles. The van der Waals surface area contributed by atoms with Gasteiger partial charge in [-0.2, -0.15) is 0 Å². The van der Waals surface area contributed by atoms with Gasteiger partial charge in [0.2, 0.25) is 0 Å². The Labute approximate surface area is 130 Å². The predicted octanol–water partition coefficient (Wildman–Crippen LogP) is 3.12. The molecule has 4 aromatic heterocycles. The fraction of sp³-hybridized carbons (Fsp3) is 0. The van der Waals surface area contributed by atoms with Crippen LogP contribution in [-0.4, -0.2) is 29.9 Å². The summed E-state index contributed by atoms with van der Waals surface area (Å²) >= 11 is 0. The minimum atomic E-state index is 0.689. The average molecular weight is 298 g/mol. The van der Waals surface area contributed by atoms with E-state index in [1.54, 1.807) is 31.0 Å². The van der Waals surface area contributed by atoms with Crippen molar-refractivity contribution in [3.8, 4) is 11.5 Å². The summed E-state index contributed by atoms with van der Waals surface area (Å²) in [5, 5.41) is 1.97. The highest BCUT2D eigenvalue weighted by molar-refractivity contribution is 6.20. The molecule has 0 aliphatic rings. The van der Waals surface area contributed by atoms with Crippen LogP contribution < -0.4 is 0 Å². The van der Waals surface area contributed by atoms with Gasteiger partial charge in [-0.3, -0.25) is 15.0 Å². The molecule has 0 unspecified atom stereocenters. The van der Waals surface area contributed by atoms with Crippen LogP contribution in [0.4, 0.5) is 0 Å². The number of H-pyrrole nitrogens is 1. The zero-order chi connectivity index (χ0) is 15.2. The van der Waals surface area contributed by atoms with Crippen LogP contribution >= 0.6 is 0 Å². The maximum Gasteiger partial charge on any atom is 0.158 e. The Bertz CT molecular complexity index is 1090. The lowest BCUT2D eigenvalue weighted by atomic mass is 10.1. The van der Waals surface area contributed by atoms with Crippen molar-refractivity contribution in [2.75, 3.05) is 0 Å². The number of nitrogens with one attached hydrogen (secondary N) is 1. The van der Waals surface area contributed by atoms with Crippen LogP contribution in [0.2, 0.25) is 0 Å². The van der Waals surface area contributed by atoms with E-state index >= 15 is 0 Å². The minimum absolute atomic E-state index is 0.689. The largest absolute Gasteiger partial charge is 0.336 e. The first-order valence-electron chi connectivity index (χ1n) is 7.19. The summed E-state index contributed by atoms with van der Waals surface area (Å²) in [7, 11) is 0. The molecule has 5 aromatic rings. The Morgan fingerprint density at radius 2 is 1.52 bits per heavy atom. The Hall–Kier alpha value is -3.41. The quantitative estimate of drug-likeness (QED) is 0.481. The number of hydrogen-bond acceptors (Lipinski definition) is 5. The Morgan fingerprint density at radius 1 is 0.739 bits per heavy atom. The number of fused-ring (bicyclic) bond motifs is 6. The van der Waals surface area contributed by atoms with E-state index in [-0.39, 0.29) is 0 Å². The molecule has 0 saturated carbocycles. The van der Waals surface area contributed by atoms with Crippen molar-refractivity contribution < 1.29 is 0 Å². The third-order valence-electron chi connectivity index (χ3n) is 3.87. The van der Waals surface area contributed by atoms with Crippen LogP contribution in [-0.2, 0) is 0 Å². The second-order valence-corrected chi connectivity index (χ2v) is 5.20. The van der Waals surface area contributed by atoms with Gasteiger partial charge in [0.05, 0.1) is 28.3 Å². The second-order valence-electron chi connectivity index (χ2n) is 5.20. The highest BCUT2D eigenvalue weighted by atomic mass is 15.0. The average Bonchev–Trinajstić information content (AvgIpc) is 3.09. The van der Waals surface area contributed by atoms with Crippen molar-refractivity contribution >= 4 is 32.8 Å². The molecule has 1 aromatic carbocycles. The summed E-state index contributed by atoms with van der Waals surface area (Å²) in [6.45, 7) is 0. The molecule has 5 rings (SSSR count). The first-order chi connectivity index (χ1) is 11.4. The SMILES string of the molecule is c1cnc2c(c1)c1nc(-c3cnccn3)[nH]c1c1cccnc12. The fourth-order valence-corrected chi connectivity index (χ4v) is 2.89. The van der Waals surface area contributed by atoms with Crippen molar-refractivity contribution in [1.82, 2.24) is 29.9 Å². The molecule has 0 bridgehead atoms. The number of benzene rings is 1. The topological polar surface area (TPSA) is 80.2 Å². The maximum atomic E-state index is 4.74. The first-order valence-corrected chi connectivity index (χ1v) is 7.19. The summed E-state index contributed by atoms with van der Waals surface area (Å²) in [4.78, 5) is 25.5. The molecule has 0 fully saturated rings. The van der Waals surface area contributed by atoms with E-state index in [4.69, 9.17) is 4.98 Å². The normalized spacial score (nSPS) is 11.5. The standard InChI is InChI=1S/C17H10N6/c1-3-10-13(20-5-1)14-11(4-2-6-21-14)16-15(10)22-17(23-16)12-9-18-7-8-19-12/h1-9H,(H,22,23). The highest BCUT2D eigenvalue weighted by Crippen LogP contribution is 2.32. The number of aromatic amines is 1. The lowest BCUT2D eigenvalue weighted by Gasteiger charge is -2.03. The molecular formula is C17H10N6. The van der Waals surface area contributed by atoms with Gasteiger partial charge in [0.15, 0.2) is 5.82 Å². The molecule has 0 amide bonds. The second kappa shape index (κ2) is 4.54. The van der Waals surface area contributed by atoms with Gasteiger partial charge in [0.1, 0.15) is 5.69 Å². The summed E-state index contributed by atoms with van der Waals surface area (Å²) in [5.41, 5.74) is 4.24. The smallest absolute Gasteiger partial charge is 0.158 e. The number of imidazole rings is 1. The zero-order valence-corrected chi connectivity index (χ0v) is 11.9. The van der Waals surface area contributed by atoms with Gasteiger partial charge in [-0.25, -0.2) is 9.97 Å². The zero-order valence-electron chi connectivity index (χ0n) is 11.9. The van der Waals surface area contributed by atoms with Crippen molar-refractivity contribution in [3.05, 3.63) is 55.2 Å². The molecule has 1 N–H and O–H groups in total. The Kier molecular flexibility index (Phi) is 2.40. The van der Waals surface area contributed by atoms with E-state index in [1.807, 2.05) is 24.3 Å². The van der Waals surface area contributed by atoms with Gasteiger partial charge in [0.25, 0.3) is 0 Å². The van der Waals surface area contributed by atoms with Crippen LogP contribution in [0.25, 0.3) is 44.4 Å². The van der Waals surface area contributed by atoms with E-state index in [9.17, 15) is 0 Å². The molecule has 0 aliphatic carbocycles. The van der Waals surface area contributed by atoms with E-state index in [0.717, 1.165) is 32.8 Å². The van der Waals surface area contributed by atoms with Crippen LogP contribution in [0.15, 0.2) is 55.2 Å². The van der Waals surface area contributed by atoms with Gasteiger partial charge in [0, 0.05) is 35.6 Å². The third kappa shape index (κ3) is 1.72. The molecule has 6 heteroatoms. The third-order valence-corrected chi connectivity index (χ3v) is 3.87. The lowest BCUT2D eigenvalue weighted by molar-refractivity contribution is 1.17. The van der Waals surface area contributed by atoms with Crippen LogP contribution in [0, 0.1) is 0 Å². The summed E-state index contributed by atoms with van der Waals surface area (Å²) < 4.78 is 0. The number of nitrogens with zero attached hydrogens (tertiary/aromatic N) is 5. The molecule has 23 heavy (non-hydrogen) atoms.